The minimum Gasteiger partial charge on any atom is -0.481 e. The van der Waals surface area contributed by atoms with Gasteiger partial charge in [0.25, 0.3) is 0 Å². The molecule has 8 bridgehead atoms. The molecule has 0 unspecified atom stereocenters. The maximum atomic E-state index is 11.8. The molecule has 10 nitrogen and oxygen atoms in total. The molecular weight excluding hydrogens is 552 g/mol. The van der Waals surface area contributed by atoms with Crippen molar-refractivity contribution in [2.24, 2.45) is 0 Å². The molecule has 1 radical (unpaired) electrons. The lowest BCUT2D eigenvalue weighted by molar-refractivity contribution is -0.132. The van der Waals surface area contributed by atoms with Crippen LogP contribution in [-0.4, -0.2) is 50.9 Å². The first-order valence-electron chi connectivity index (χ1n) is 13.9. The molecule has 4 aromatic carbocycles. The molecule has 2 aliphatic rings. The Labute approximate surface area is 248 Å². The van der Waals surface area contributed by atoms with E-state index >= 15 is 0 Å². The van der Waals surface area contributed by atoms with Gasteiger partial charge in [0.2, 0.25) is 0 Å². The molecule has 3 aromatic heterocycles. The van der Waals surface area contributed by atoms with E-state index in [9.17, 15) is 9.90 Å². The third-order valence-electron chi connectivity index (χ3n) is 7.89. The van der Waals surface area contributed by atoms with Gasteiger partial charge < -0.3 is 15.1 Å². The van der Waals surface area contributed by atoms with Crippen LogP contribution in [0.4, 0.5) is 0 Å². The van der Waals surface area contributed by atoms with Crippen molar-refractivity contribution in [1.82, 2.24) is 39.9 Å². The van der Waals surface area contributed by atoms with Crippen LogP contribution in [0.3, 0.4) is 0 Å². The highest BCUT2D eigenvalue weighted by Gasteiger charge is 2.22. The number of hydrogen-bond acceptors (Lipinski definition) is 7. The maximum absolute atomic E-state index is 11.8. The molecule has 0 spiro atoms. The molecule has 9 rings (SSSR count). The zero-order chi connectivity index (χ0) is 29.4. The first kappa shape index (κ1) is 24.3. The number of fused-ring (bicyclic) bond motifs is 20. The Morgan fingerprint density at radius 3 is 1.41 bits per heavy atom. The molecule has 7 aromatic rings. The highest BCUT2D eigenvalue weighted by Crippen LogP contribution is 2.37. The predicted octanol–water partition coefficient (Wildman–Crippen LogP) is 6.51. The largest absolute Gasteiger partial charge is 0.481 e. The lowest BCUT2D eigenvalue weighted by Gasteiger charge is -2.00. The van der Waals surface area contributed by atoms with E-state index in [1.807, 2.05) is 78.9 Å². The van der Waals surface area contributed by atoms with E-state index in [2.05, 4.69) is 9.97 Å². The summed E-state index contributed by atoms with van der Waals surface area (Å²) < 4.78 is 0. The number of aromatic amines is 2. The van der Waals surface area contributed by atoms with E-state index < -0.39 is 5.97 Å². The lowest BCUT2D eigenvalue weighted by Crippen LogP contribution is -1.97. The van der Waals surface area contributed by atoms with Crippen molar-refractivity contribution in [1.29, 1.82) is 0 Å². The molecule has 10 heteroatoms. The summed E-state index contributed by atoms with van der Waals surface area (Å²) in [7, 11) is 0. The monoisotopic (exact) mass is 571 g/mol. The van der Waals surface area contributed by atoms with Crippen LogP contribution < -0.4 is 0 Å². The summed E-state index contributed by atoms with van der Waals surface area (Å²) in [6, 6.07) is 29.0. The summed E-state index contributed by atoms with van der Waals surface area (Å²) in [6.45, 7) is 0. The Hall–Kier alpha value is -6.29. The summed E-state index contributed by atoms with van der Waals surface area (Å²) in [4.78, 5) is 48.2. The zero-order valence-electron chi connectivity index (χ0n) is 22.8. The number of carbonyl (C=O) groups is 1. The first-order valence-corrected chi connectivity index (χ1v) is 13.9. The number of carboxylic acid groups (broad SMARTS) is 1. The van der Waals surface area contributed by atoms with Gasteiger partial charge >= 0.3 is 5.97 Å². The Morgan fingerprint density at radius 2 is 0.909 bits per heavy atom. The fraction of sp³-hybridized carbons (Fsp3) is 0. The van der Waals surface area contributed by atoms with Crippen molar-refractivity contribution in [3.63, 3.8) is 0 Å². The number of rotatable bonds is 2. The van der Waals surface area contributed by atoms with E-state index in [0.717, 1.165) is 33.0 Å². The number of aliphatic carboxylic acids is 1. The Balaban J connectivity index is 1.50. The van der Waals surface area contributed by atoms with Gasteiger partial charge in [-0.25, -0.2) is 29.9 Å². The van der Waals surface area contributed by atoms with E-state index in [1.54, 1.807) is 12.1 Å². The van der Waals surface area contributed by atoms with Crippen LogP contribution in [0, 0.1) is 6.42 Å². The number of aromatic nitrogens is 8. The van der Waals surface area contributed by atoms with Crippen LogP contribution >= 0.6 is 0 Å². The normalized spacial score (nSPS) is 11.9. The average molecular weight is 572 g/mol. The maximum Gasteiger partial charge on any atom is 0.312 e. The molecule has 207 valence electrons. The number of hydrogen-bond donors (Lipinski definition) is 3. The van der Waals surface area contributed by atoms with Gasteiger partial charge in [-0.2, -0.15) is 0 Å². The molecule has 44 heavy (non-hydrogen) atoms. The number of carboxylic acids is 1. The summed E-state index contributed by atoms with van der Waals surface area (Å²) in [5.41, 5.74) is 5.99. The van der Waals surface area contributed by atoms with Gasteiger partial charge in [-0.3, -0.25) is 4.79 Å². The third-order valence-corrected chi connectivity index (χ3v) is 7.89. The molecule has 2 aliphatic heterocycles. The van der Waals surface area contributed by atoms with E-state index in [4.69, 9.17) is 29.9 Å². The molecule has 5 heterocycles. The van der Waals surface area contributed by atoms with Gasteiger partial charge in [-0.05, 0) is 5.56 Å². The minimum absolute atomic E-state index is 0.433. The molecule has 0 atom stereocenters. The molecule has 3 N–H and O–H groups in total. The highest BCUT2D eigenvalue weighted by atomic mass is 16.4. The van der Waals surface area contributed by atoms with Crippen LogP contribution in [0.5, 0.6) is 0 Å². The summed E-state index contributed by atoms with van der Waals surface area (Å²) in [5, 5.41) is 12.8. The predicted molar refractivity (Wildman–Crippen MR) is 167 cm³/mol. The second kappa shape index (κ2) is 9.10. The number of nitrogens with one attached hydrogen (secondary N) is 2. The second-order valence-electron chi connectivity index (χ2n) is 10.5. The van der Waals surface area contributed by atoms with Gasteiger partial charge in [0.1, 0.15) is 22.6 Å². The topological polar surface area (TPSA) is 146 Å². The Bertz CT molecular complexity index is 2530. The number of H-pyrrole nitrogens is 2. The summed E-state index contributed by atoms with van der Waals surface area (Å²) >= 11 is 0. The van der Waals surface area contributed by atoms with Crippen LogP contribution in [0.2, 0.25) is 0 Å². The number of benzene rings is 4. The van der Waals surface area contributed by atoms with Crippen LogP contribution in [0.15, 0.2) is 91.0 Å². The summed E-state index contributed by atoms with van der Waals surface area (Å²) in [5.74, 6) is 0.888. The van der Waals surface area contributed by atoms with Crippen molar-refractivity contribution in [2.75, 3.05) is 0 Å². The van der Waals surface area contributed by atoms with E-state index in [0.29, 0.717) is 62.2 Å². The number of nitrogens with zero attached hydrogens (tertiary/aromatic N) is 6. The first-order chi connectivity index (χ1) is 21.6. The van der Waals surface area contributed by atoms with E-state index in [1.165, 1.54) is 6.42 Å². The minimum atomic E-state index is -1.06. The van der Waals surface area contributed by atoms with Crippen LogP contribution in [-0.2, 0) is 4.79 Å². The zero-order valence-corrected chi connectivity index (χ0v) is 22.8. The Kier molecular flexibility index (Phi) is 5.03. The van der Waals surface area contributed by atoms with Crippen molar-refractivity contribution in [2.45, 2.75) is 0 Å². The molecule has 0 saturated heterocycles. The standard InChI is InChI=1S/C34H19N8O2/c43-25(44)16-17-8-7-15-24-26(17)34-41-32-23-14-6-5-13-22(23)30(39-32)37-28-19-10-2-1-9-18(19)27(35-28)36-29-20-11-3-4-12-21(20)31(38-29)40-33(24)42-34/h1-16H,(H,43,44)(H2,35,36,37,38,39,40,41,42). The van der Waals surface area contributed by atoms with E-state index in [-0.39, 0.29) is 0 Å². The molecule has 0 aliphatic carbocycles. The molecule has 0 saturated carbocycles. The second-order valence-corrected chi connectivity index (χ2v) is 10.5. The highest BCUT2D eigenvalue weighted by molar-refractivity contribution is 6.09. The third kappa shape index (κ3) is 3.64. The lowest BCUT2D eigenvalue weighted by atomic mass is 10.1. The quantitative estimate of drug-likeness (QED) is 0.213. The van der Waals surface area contributed by atoms with Crippen molar-refractivity contribution in [3.05, 3.63) is 103 Å². The molecule has 0 amide bonds. The fourth-order valence-corrected chi connectivity index (χ4v) is 5.97. The van der Waals surface area contributed by atoms with Gasteiger partial charge in [0.05, 0.1) is 6.42 Å². The Morgan fingerprint density at radius 1 is 0.500 bits per heavy atom. The van der Waals surface area contributed by atoms with Crippen LogP contribution in [0.25, 0.3) is 89.7 Å². The SMILES string of the molecule is O=C(O)[CH]c1cccc2c3nc4nc(nc5[nH]c(nc6nc(nc([nH]3)c12)-c1ccccc1-6)c1ccccc51)-c1ccccc1-4. The van der Waals surface area contributed by atoms with Gasteiger partial charge in [-0.15, -0.1) is 0 Å². The smallest absolute Gasteiger partial charge is 0.312 e. The summed E-state index contributed by atoms with van der Waals surface area (Å²) in [6.07, 6.45) is 1.17. The van der Waals surface area contributed by atoms with Crippen molar-refractivity contribution < 1.29 is 9.90 Å². The van der Waals surface area contributed by atoms with Crippen molar-refractivity contribution >= 4 is 50.1 Å². The van der Waals surface area contributed by atoms with Gasteiger partial charge in [-0.1, -0.05) is 91.0 Å². The van der Waals surface area contributed by atoms with Gasteiger partial charge in [0, 0.05) is 43.8 Å². The fourth-order valence-electron chi connectivity index (χ4n) is 5.97. The average Bonchev–Trinajstić information content (AvgIpc) is 3.77. The molecule has 0 fully saturated rings. The van der Waals surface area contributed by atoms with Gasteiger partial charge in [0.15, 0.2) is 23.3 Å². The van der Waals surface area contributed by atoms with Crippen LogP contribution in [0.1, 0.15) is 5.56 Å². The van der Waals surface area contributed by atoms with Crippen molar-refractivity contribution in [3.8, 4) is 45.6 Å². The molecular formula is C34H19N8O2.